The zero-order valence-electron chi connectivity index (χ0n) is 18.5. The number of halogens is 5. The fourth-order valence-corrected chi connectivity index (χ4v) is 4.03. The Morgan fingerprint density at radius 2 is 1.80 bits per heavy atom. The Kier molecular flexibility index (Phi) is 6.42. The van der Waals surface area contributed by atoms with Gasteiger partial charge < -0.3 is 9.73 Å². The van der Waals surface area contributed by atoms with Gasteiger partial charge in [-0.1, -0.05) is 41.4 Å². The lowest BCUT2D eigenvalue weighted by Gasteiger charge is -2.16. The number of amides is 1. The minimum atomic E-state index is -4.89. The van der Waals surface area contributed by atoms with Gasteiger partial charge in [0.15, 0.2) is 0 Å². The average Bonchev–Trinajstić information content (AvgIpc) is 2.76. The van der Waals surface area contributed by atoms with Crippen molar-refractivity contribution >= 4 is 34.2 Å². The summed E-state index contributed by atoms with van der Waals surface area (Å²) in [6.45, 7) is 3.63. The highest BCUT2D eigenvalue weighted by Crippen LogP contribution is 2.36. The van der Waals surface area contributed by atoms with Gasteiger partial charge in [0.25, 0.3) is 0 Å². The van der Waals surface area contributed by atoms with E-state index in [-0.39, 0.29) is 11.1 Å². The molecule has 1 amide bonds. The number of hydrogen-bond acceptors (Lipinski definition) is 3. The van der Waals surface area contributed by atoms with Crippen molar-refractivity contribution in [3.63, 3.8) is 0 Å². The van der Waals surface area contributed by atoms with Crippen LogP contribution in [0.2, 0.25) is 5.02 Å². The molecule has 4 aromatic rings. The van der Waals surface area contributed by atoms with Crippen molar-refractivity contribution in [3.8, 4) is 11.1 Å². The Labute approximate surface area is 202 Å². The van der Waals surface area contributed by atoms with Crippen LogP contribution in [0.3, 0.4) is 0 Å². The van der Waals surface area contributed by atoms with E-state index in [1.165, 1.54) is 6.07 Å². The van der Waals surface area contributed by atoms with E-state index in [0.29, 0.717) is 33.2 Å². The zero-order valence-corrected chi connectivity index (χ0v) is 19.3. The number of benzene rings is 3. The molecular formula is C26H18ClF4NO3. The quantitative estimate of drug-likeness (QED) is 0.239. The second kappa shape index (κ2) is 9.19. The highest BCUT2D eigenvalue weighted by Gasteiger charge is 2.34. The number of anilines is 1. The first kappa shape index (κ1) is 24.5. The van der Waals surface area contributed by atoms with Gasteiger partial charge in [0.05, 0.1) is 23.2 Å². The van der Waals surface area contributed by atoms with Crippen molar-refractivity contribution in [2.75, 3.05) is 5.32 Å². The summed E-state index contributed by atoms with van der Waals surface area (Å²) >= 11 is 6.20. The van der Waals surface area contributed by atoms with Gasteiger partial charge in [-0.15, -0.1) is 0 Å². The van der Waals surface area contributed by atoms with Crippen LogP contribution in [0.15, 0.2) is 63.8 Å². The molecule has 180 valence electrons. The van der Waals surface area contributed by atoms with Crippen molar-refractivity contribution < 1.29 is 26.8 Å². The minimum absolute atomic E-state index is 0.0296. The molecule has 1 aromatic heterocycles. The summed E-state index contributed by atoms with van der Waals surface area (Å²) in [4.78, 5) is 25.8. The van der Waals surface area contributed by atoms with Crippen LogP contribution in [0.1, 0.15) is 22.3 Å². The monoisotopic (exact) mass is 503 g/mol. The fraction of sp³-hybridized carbons (Fsp3) is 0.154. The minimum Gasteiger partial charge on any atom is -0.422 e. The van der Waals surface area contributed by atoms with Crippen molar-refractivity contribution in [1.82, 2.24) is 0 Å². The van der Waals surface area contributed by atoms with Gasteiger partial charge in [-0.05, 0) is 49.2 Å². The smallest absolute Gasteiger partial charge is 0.418 e. The first-order valence-electron chi connectivity index (χ1n) is 10.4. The summed E-state index contributed by atoms with van der Waals surface area (Å²) < 4.78 is 58.9. The van der Waals surface area contributed by atoms with Gasteiger partial charge in [-0.2, -0.15) is 13.2 Å². The van der Waals surface area contributed by atoms with E-state index in [9.17, 15) is 27.2 Å². The standard InChI is InChI=1S/C26H18ClF4NO3/c1-13-4-3-5-15(8-13)24-17-9-14(2)20(27)12-22(17)35-25(34)18(24)11-23(33)32-21-7-6-16(28)10-19(21)26(29,30)31/h3-10,12H,11H2,1-2H3,(H,32,33). The van der Waals surface area contributed by atoms with Crippen LogP contribution in [0.25, 0.3) is 22.1 Å². The molecule has 0 radical (unpaired) electrons. The van der Waals surface area contributed by atoms with Gasteiger partial charge >= 0.3 is 11.8 Å². The molecular weight excluding hydrogens is 486 g/mol. The maximum atomic E-state index is 13.4. The molecule has 0 unspecified atom stereocenters. The van der Waals surface area contributed by atoms with Crippen LogP contribution < -0.4 is 10.9 Å². The molecule has 35 heavy (non-hydrogen) atoms. The Bertz CT molecular complexity index is 1530. The summed E-state index contributed by atoms with van der Waals surface area (Å²) in [7, 11) is 0. The molecule has 0 bridgehead atoms. The van der Waals surface area contributed by atoms with E-state index >= 15 is 0 Å². The number of nitrogens with one attached hydrogen (secondary N) is 1. The molecule has 0 atom stereocenters. The van der Waals surface area contributed by atoms with E-state index in [4.69, 9.17) is 16.0 Å². The third-order valence-electron chi connectivity index (χ3n) is 5.49. The molecule has 0 spiro atoms. The molecule has 4 nitrogen and oxygen atoms in total. The Morgan fingerprint density at radius 1 is 1.06 bits per heavy atom. The Hall–Kier alpha value is -3.65. The normalized spacial score (nSPS) is 11.6. The zero-order chi connectivity index (χ0) is 25.5. The highest BCUT2D eigenvalue weighted by atomic mass is 35.5. The molecule has 1 heterocycles. The number of carbonyl (C=O) groups excluding carboxylic acids is 1. The SMILES string of the molecule is Cc1cccc(-c2c(CC(=O)Nc3ccc(F)cc3C(F)(F)F)c(=O)oc3cc(Cl)c(C)cc23)c1. The number of rotatable bonds is 4. The lowest BCUT2D eigenvalue weighted by molar-refractivity contribution is -0.137. The first-order valence-corrected chi connectivity index (χ1v) is 10.8. The largest absolute Gasteiger partial charge is 0.422 e. The highest BCUT2D eigenvalue weighted by molar-refractivity contribution is 6.32. The summed E-state index contributed by atoms with van der Waals surface area (Å²) in [5.74, 6) is -1.99. The number of hydrogen-bond donors (Lipinski definition) is 1. The molecule has 1 N–H and O–H groups in total. The van der Waals surface area contributed by atoms with Crippen LogP contribution in [-0.2, 0) is 17.4 Å². The lowest BCUT2D eigenvalue weighted by Crippen LogP contribution is -2.22. The fourth-order valence-electron chi connectivity index (χ4n) is 3.87. The molecule has 0 fully saturated rings. The van der Waals surface area contributed by atoms with Crippen LogP contribution in [0, 0.1) is 19.7 Å². The van der Waals surface area contributed by atoms with Gasteiger partial charge in [-0.3, -0.25) is 4.79 Å². The number of carbonyl (C=O) groups is 1. The van der Waals surface area contributed by atoms with Crippen molar-refractivity contribution in [2.24, 2.45) is 0 Å². The second-order valence-corrected chi connectivity index (χ2v) is 8.53. The summed E-state index contributed by atoms with van der Waals surface area (Å²) in [5, 5.41) is 3.06. The number of fused-ring (bicyclic) bond motifs is 1. The first-order chi connectivity index (χ1) is 16.4. The third-order valence-corrected chi connectivity index (χ3v) is 5.89. The molecule has 9 heteroatoms. The van der Waals surface area contributed by atoms with E-state index < -0.39 is 41.2 Å². The van der Waals surface area contributed by atoms with Crippen LogP contribution in [-0.4, -0.2) is 5.91 Å². The molecule has 0 aliphatic rings. The van der Waals surface area contributed by atoms with E-state index in [1.54, 1.807) is 25.1 Å². The molecule has 0 aliphatic heterocycles. The molecule has 0 saturated carbocycles. The van der Waals surface area contributed by atoms with Gasteiger partial charge in [0.2, 0.25) is 5.91 Å². The third kappa shape index (κ3) is 5.07. The van der Waals surface area contributed by atoms with Crippen LogP contribution in [0.4, 0.5) is 23.2 Å². The van der Waals surface area contributed by atoms with Crippen LogP contribution >= 0.6 is 11.6 Å². The molecule has 4 rings (SSSR count). The summed E-state index contributed by atoms with van der Waals surface area (Å²) in [6, 6.07) is 12.4. The Balaban J connectivity index is 1.84. The Morgan fingerprint density at radius 3 is 2.49 bits per heavy atom. The van der Waals surface area contributed by atoms with Crippen molar-refractivity contribution in [1.29, 1.82) is 0 Å². The van der Waals surface area contributed by atoms with Crippen molar-refractivity contribution in [3.05, 3.63) is 98.1 Å². The molecule has 3 aromatic carbocycles. The predicted molar refractivity (Wildman–Crippen MR) is 126 cm³/mol. The summed E-state index contributed by atoms with van der Waals surface area (Å²) in [6.07, 6.45) is -5.46. The number of aryl methyl sites for hydroxylation is 2. The molecule has 0 aliphatic carbocycles. The van der Waals surface area contributed by atoms with Gasteiger partial charge in [0, 0.05) is 22.0 Å². The topological polar surface area (TPSA) is 59.3 Å². The summed E-state index contributed by atoms with van der Waals surface area (Å²) in [5.41, 5.74) is 0.0653. The maximum Gasteiger partial charge on any atom is 0.418 e. The van der Waals surface area contributed by atoms with E-state index in [0.717, 1.165) is 17.7 Å². The lowest BCUT2D eigenvalue weighted by atomic mass is 9.93. The van der Waals surface area contributed by atoms with Gasteiger partial charge in [0.1, 0.15) is 11.4 Å². The predicted octanol–water partition coefficient (Wildman–Crippen LogP) is 7.07. The van der Waals surface area contributed by atoms with Gasteiger partial charge in [-0.25, -0.2) is 9.18 Å². The van der Waals surface area contributed by atoms with E-state index in [1.807, 2.05) is 19.1 Å². The average molecular weight is 504 g/mol. The van der Waals surface area contributed by atoms with Crippen molar-refractivity contribution in [2.45, 2.75) is 26.4 Å². The molecule has 0 saturated heterocycles. The van der Waals surface area contributed by atoms with Crippen LogP contribution in [0.5, 0.6) is 0 Å². The second-order valence-electron chi connectivity index (χ2n) is 8.12. The van der Waals surface area contributed by atoms with E-state index in [2.05, 4.69) is 5.32 Å². The maximum absolute atomic E-state index is 13.4. The number of alkyl halides is 3.